The van der Waals surface area contributed by atoms with E-state index >= 15 is 0 Å². The lowest BCUT2D eigenvalue weighted by molar-refractivity contribution is 0.0735. The number of rotatable bonds is 5. The molecule has 0 saturated carbocycles. The predicted octanol–water partition coefficient (Wildman–Crippen LogP) is 4.16. The first-order valence-corrected chi connectivity index (χ1v) is 9.18. The van der Waals surface area contributed by atoms with Gasteiger partial charge in [-0.1, -0.05) is 56.3 Å². The van der Waals surface area contributed by atoms with E-state index < -0.39 is 0 Å². The topological polar surface area (TPSA) is 23.6 Å². The standard InChI is InChI=1S/C22H28N2O/c1-17(2)19-9-11-20(12-10-19)22(25)23(3)21-13-14-24(16-21)15-18-7-5-4-6-8-18/h4-12,17,21H,13-16H2,1-3H3. The summed E-state index contributed by atoms with van der Waals surface area (Å²) in [5, 5.41) is 0. The van der Waals surface area contributed by atoms with Crippen LogP contribution in [0.5, 0.6) is 0 Å². The van der Waals surface area contributed by atoms with Crippen LogP contribution in [-0.2, 0) is 6.54 Å². The van der Waals surface area contributed by atoms with Crippen molar-refractivity contribution in [1.29, 1.82) is 0 Å². The van der Waals surface area contributed by atoms with Gasteiger partial charge in [0.15, 0.2) is 0 Å². The van der Waals surface area contributed by atoms with Crippen LogP contribution in [0.15, 0.2) is 54.6 Å². The molecule has 3 rings (SSSR count). The minimum absolute atomic E-state index is 0.127. The van der Waals surface area contributed by atoms with Gasteiger partial charge in [0.05, 0.1) is 0 Å². The monoisotopic (exact) mass is 336 g/mol. The number of nitrogens with zero attached hydrogens (tertiary/aromatic N) is 2. The molecule has 25 heavy (non-hydrogen) atoms. The Morgan fingerprint density at radius 2 is 1.80 bits per heavy atom. The van der Waals surface area contributed by atoms with Crippen molar-refractivity contribution in [3.05, 3.63) is 71.3 Å². The van der Waals surface area contributed by atoms with Crippen molar-refractivity contribution in [3.8, 4) is 0 Å². The molecule has 0 radical (unpaired) electrons. The van der Waals surface area contributed by atoms with Crippen LogP contribution in [0.1, 0.15) is 47.7 Å². The van der Waals surface area contributed by atoms with Crippen LogP contribution in [-0.4, -0.2) is 41.9 Å². The van der Waals surface area contributed by atoms with Crippen LogP contribution in [0, 0.1) is 0 Å². The Morgan fingerprint density at radius 1 is 1.12 bits per heavy atom. The average molecular weight is 336 g/mol. The van der Waals surface area contributed by atoms with Gasteiger partial charge in [-0.15, -0.1) is 0 Å². The first-order valence-electron chi connectivity index (χ1n) is 9.18. The molecule has 1 aliphatic heterocycles. The maximum absolute atomic E-state index is 12.8. The Morgan fingerprint density at radius 3 is 2.44 bits per heavy atom. The smallest absolute Gasteiger partial charge is 0.253 e. The Balaban J connectivity index is 1.59. The normalized spacial score (nSPS) is 17.8. The maximum atomic E-state index is 12.8. The van der Waals surface area contributed by atoms with Gasteiger partial charge in [-0.3, -0.25) is 9.69 Å². The van der Waals surface area contributed by atoms with Crippen LogP contribution >= 0.6 is 0 Å². The Hall–Kier alpha value is -2.13. The minimum atomic E-state index is 0.127. The van der Waals surface area contributed by atoms with Crippen molar-refractivity contribution >= 4 is 5.91 Å². The SMILES string of the molecule is CC(C)c1ccc(C(=O)N(C)C2CCN(Cc3ccccc3)C2)cc1. The van der Waals surface area contributed by atoms with Gasteiger partial charge in [0, 0.05) is 38.3 Å². The number of carbonyl (C=O) groups is 1. The summed E-state index contributed by atoms with van der Waals surface area (Å²) in [7, 11) is 1.94. The van der Waals surface area contributed by atoms with Crippen molar-refractivity contribution < 1.29 is 4.79 Å². The van der Waals surface area contributed by atoms with Gasteiger partial charge in [-0.2, -0.15) is 0 Å². The van der Waals surface area contributed by atoms with Gasteiger partial charge in [0.25, 0.3) is 5.91 Å². The minimum Gasteiger partial charge on any atom is -0.337 e. The molecule has 0 aliphatic carbocycles. The summed E-state index contributed by atoms with van der Waals surface area (Å²) in [6, 6.07) is 18.9. The molecule has 0 bridgehead atoms. The summed E-state index contributed by atoms with van der Waals surface area (Å²) in [5.41, 5.74) is 3.39. The summed E-state index contributed by atoms with van der Waals surface area (Å²) in [5.74, 6) is 0.616. The molecule has 2 aromatic rings. The lowest BCUT2D eigenvalue weighted by Gasteiger charge is -2.25. The molecule has 1 saturated heterocycles. The van der Waals surface area contributed by atoms with Gasteiger partial charge in [0.1, 0.15) is 0 Å². The molecule has 0 N–H and O–H groups in total. The van der Waals surface area contributed by atoms with Gasteiger partial charge in [-0.25, -0.2) is 0 Å². The third-order valence-electron chi connectivity index (χ3n) is 5.19. The molecule has 1 heterocycles. The summed E-state index contributed by atoms with van der Waals surface area (Å²) >= 11 is 0. The van der Waals surface area contributed by atoms with E-state index in [2.05, 4.69) is 55.1 Å². The van der Waals surface area contributed by atoms with E-state index in [0.29, 0.717) is 12.0 Å². The van der Waals surface area contributed by atoms with E-state index in [1.165, 1.54) is 11.1 Å². The number of carbonyl (C=O) groups excluding carboxylic acids is 1. The third-order valence-corrected chi connectivity index (χ3v) is 5.19. The summed E-state index contributed by atoms with van der Waals surface area (Å²) in [6.45, 7) is 7.29. The molecule has 1 unspecified atom stereocenters. The molecule has 1 fully saturated rings. The number of hydrogen-bond acceptors (Lipinski definition) is 2. The highest BCUT2D eigenvalue weighted by Gasteiger charge is 2.28. The van der Waals surface area contributed by atoms with E-state index in [-0.39, 0.29) is 5.91 Å². The number of benzene rings is 2. The van der Waals surface area contributed by atoms with Crippen molar-refractivity contribution in [2.75, 3.05) is 20.1 Å². The van der Waals surface area contributed by atoms with Gasteiger partial charge >= 0.3 is 0 Å². The second kappa shape index (κ2) is 7.83. The molecular formula is C22H28N2O. The molecular weight excluding hydrogens is 308 g/mol. The highest BCUT2D eigenvalue weighted by atomic mass is 16.2. The van der Waals surface area contributed by atoms with Crippen LogP contribution in [0.2, 0.25) is 0 Å². The molecule has 0 aromatic heterocycles. The Kier molecular flexibility index (Phi) is 5.54. The molecule has 0 spiro atoms. The van der Waals surface area contributed by atoms with Crippen molar-refractivity contribution in [2.24, 2.45) is 0 Å². The second-order valence-corrected chi connectivity index (χ2v) is 7.36. The number of likely N-dealkylation sites (N-methyl/N-ethyl adjacent to an activating group) is 1. The van der Waals surface area contributed by atoms with Gasteiger partial charge < -0.3 is 4.90 Å². The first kappa shape index (κ1) is 17.7. The van der Waals surface area contributed by atoms with Crippen LogP contribution in [0.4, 0.5) is 0 Å². The zero-order chi connectivity index (χ0) is 17.8. The van der Waals surface area contributed by atoms with Crippen LogP contribution in [0.3, 0.4) is 0 Å². The summed E-state index contributed by atoms with van der Waals surface area (Å²) in [4.78, 5) is 17.1. The fourth-order valence-electron chi connectivity index (χ4n) is 3.49. The summed E-state index contributed by atoms with van der Waals surface area (Å²) in [6.07, 6.45) is 1.04. The molecule has 132 valence electrons. The van der Waals surface area contributed by atoms with E-state index in [9.17, 15) is 4.79 Å². The maximum Gasteiger partial charge on any atom is 0.253 e. The fraction of sp³-hybridized carbons (Fsp3) is 0.409. The van der Waals surface area contributed by atoms with Crippen molar-refractivity contribution in [1.82, 2.24) is 9.80 Å². The average Bonchev–Trinajstić information content (AvgIpc) is 3.10. The molecule has 3 heteroatoms. The quantitative estimate of drug-likeness (QED) is 0.819. The predicted molar refractivity (Wildman–Crippen MR) is 103 cm³/mol. The lowest BCUT2D eigenvalue weighted by atomic mass is 10.0. The zero-order valence-electron chi connectivity index (χ0n) is 15.5. The number of hydrogen-bond donors (Lipinski definition) is 0. The van der Waals surface area contributed by atoms with Crippen LogP contribution < -0.4 is 0 Å². The number of likely N-dealkylation sites (tertiary alicyclic amines) is 1. The first-order chi connectivity index (χ1) is 12.0. The van der Waals surface area contributed by atoms with Crippen LogP contribution in [0.25, 0.3) is 0 Å². The highest BCUT2D eigenvalue weighted by Crippen LogP contribution is 2.20. The lowest BCUT2D eigenvalue weighted by Crippen LogP contribution is -2.38. The van der Waals surface area contributed by atoms with E-state index in [1.54, 1.807) is 0 Å². The molecule has 3 nitrogen and oxygen atoms in total. The highest BCUT2D eigenvalue weighted by molar-refractivity contribution is 5.94. The van der Waals surface area contributed by atoms with Gasteiger partial charge in [0.2, 0.25) is 0 Å². The Labute approximate surface area is 151 Å². The number of amides is 1. The third kappa shape index (κ3) is 4.29. The zero-order valence-corrected chi connectivity index (χ0v) is 15.5. The van der Waals surface area contributed by atoms with Crippen molar-refractivity contribution in [3.63, 3.8) is 0 Å². The molecule has 1 aliphatic rings. The molecule has 2 aromatic carbocycles. The molecule has 1 atom stereocenters. The second-order valence-electron chi connectivity index (χ2n) is 7.36. The largest absolute Gasteiger partial charge is 0.337 e. The van der Waals surface area contributed by atoms with Gasteiger partial charge in [-0.05, 0) is 35.6 Å². The van der Waals surface area contributed by atoms with E-state index in [4.69, 9.17) is 0 Å². The van der Waals surface area contributed by atoms with Crippen molar-refractivity contribution in [2.45, 2.75) is 38.8 Å². The fourth-order valence-corrected chi connectivity index (χ4v) is 3.49. The molecule has 1 amide bonds. The van der Waals surface area contributed by atoms with E-state index in [1.807, 2.05) is 30.1 Å². The summed E-state index contributed by atoms with van der Waals surface area (Å²) < 4.78 is 0. The van der Waals surface area contributed by atoms with E-state index in [0.717, 1.165) is 31.6 Å². The Bertz CT molecular complexity index is 694.